The average Bonchev–Trinajstić information content (AvgIpc) is 1.69. The normalized spacial score (nSPS) is 16.4. The number of carboxylic acid groups (broad SMARTS) is 3. The number of amides is 9. The zero-order valence-electron chi connectivity index (χ0n) is 60.4. The summed E-state index contributed by atoms with van der Waals surface area (Å²) in [6, 6.07) is -3.37. The van der Waals surface area contributed by atoms with E-state index in [0.29, 0.717) is 57.4 Å². The highest BCUT2D eigenvalue weighted by Crippen LogP contribution is 2.22. The number of aliphatic carboxylic acids is 3. The molecule has 9 amide bonds. The summed E-state index contributed by atoms with van der Waals surface area (Å²) in [6.07, 6.45) is 16.4. The molecule has 0 unspecified atom stereocenters. The van der Waals surface area contributed by atoms with E-state index >= 15 is 4.79 Å². The Morgan fingerprint density at radius 1 is 0.441 bits per heavy atom. The van der Waals surface area contributed by atoms with Crippen LogP contribution in [-0.2, 0) is 96.1 Å². The quantitative estimate of drug-likeness (QED) is 0.0175. The van der Waals surface area contributed by atoms with Gasteiger partial charge in [0, 0.05) is 152 Å². The predicted octanol–water partition coefficient (Wildman–Crippen LogP) is -4.94. The van der Waals surface area contributed by atoms with E-state index in [9.17, 15) is 72.9 Å². The molecular formula is C69H88N26O16. The number of carboxylic acids is 3. The van der Waals surface area contributed by atoms with Crippen LogP contribution in [0.5, 0.6) is 0 Å². The number of nitrogens with zero attached hydrogens (tertiary/aromatic N) is 11. The highest BCUT2D eigenvalue weighted by atomic mass is 16.4. The van der Waals surface area contributed by atoms with E-state index in [1.165, 1.54) is 79.9 Å². The number of pyridine rings is 1. The van der Waals surface area contributed by atoms with Crippen molar-refractivity contribution in [3.8, 4) is 0 Å². The first kappa shape index (κ1) is 80.7. The lowest BCUT2D eigenvalue weighted by Crippen LogP contribution is -2.60. The number of hydrogen-bond donors (Lipinski definition) is 18. The second kappa shape index (κ2) is 39.3. The van der Waals surface area contributed by atoms with Gasteiger partial charge in [0.05, 0.1) is 110 Å². The molecule has 0 aliphatic carbocycles. The fourth-order valence-corrected chi connectivity index (χ4v) is 13.0. The molecule has 0 spiro atoms. The first-order valence-corrected chi connectivity index (χ1v) is 35.7. The maximum absolute atomic E-state index is 15.0. The average molecular weight is 1540 g/mol. The zero-order valence-corrected chi connectivity index (χ0v) is 60.4. The number of imidazole rings is 6. The molecule has 2 aliphatic rings. The van der Waals surface area contributed by atoms with Crippen molar-refractivity contribution in [3.05, 3.63) is 149 Å². The molecule has 0 saturated carbocycles. The molecular weight excluding hydrogens is 1450 g/mol. The van der Waals surface area contributed by atoms with Crippen LogP contribution in [0.3, 0.4) is 0 Å². The molecule has 8 aromatic rings. The van der Waals surface area contributed by atoms with Crippen LogP contribution in [-0.4, -0.2) is 310 Å². The molecule has 9 heterocycles. The number of rotatable bonds is 36. The van der Waals surface area contributed by atoms with Gasteiger partial charge in [-0.1, -0.05) is 6.07 Å². The summed E-state index contributed by atoms with van der Waals surface area (Å²) >= 11 is 0. The molecule has 10 rings (SSSR count). The van der Waals surface area contributed by atoms with Crippen LogP contribution in [0.4, 0.5) is 5.69 Å². The number of aryl methyl sites for hydroxylation is 1. The summed E-state index contributed by atoms with van der Waals surface area (Å²) in [5.74, 6) is -10.6. The zero-order chi connectivity index (χ0) is 78.9. The summed E-state index contributed by atoms with van der Waals surface area (Å²) in [4.78, 5) is 232. The number of aromatic amines is 7. The standard InChI is InChI=1S/C69H88N26O16/c1-40-15-57(96)84-49-16-41(4-5-48(40)49)83-63(105)52(19-44-25-72-36-79-44)87-66(108)53(20-45-26-73-37-80-45)88-64(106)50(17-42-23-70-34-77-42)85-58(97)29-76-68(110)56-3-2-6-95(56)69(111)55(22-47-28-75-39-82-47)90-67(109)54(21-46-27-74-38-81-46)89-65(107)51(18-43-24-71-35-78-43)86-59(98)30-91-7-9-92(31-60(99)100)11-13-94(33-62(103)104)14-12-93(10-8-91)32-61(101)102/h4-5,15-16,23-28,34-39,50-56H,2-3,6-14,17-22,29-33H2,1H3,(H,70,77)(H,71,78)(H,72,79)(H,73,80)(H,74,81)(H,75,82)(H,76,110)(H,83,105)(H,84,96)(H,85,97)(H,86,98)(H,87,108)(H,88,106)(H,89,107)(H,90,109)(H,99,100)(H,101,102)(H,103,104)/t50-,51-,52-,53-,54-,55-,56-/m0/s1. The van der Waals surface area contributed by atoms with E-state index in [-0.39, 0.29) is 122 Å². The van der Waals surface area contributed by atoms with Crippen LogP contribution < -0.4 is 48.1 Å². The lowest BCUT2D eigenvalue weighted by atomic mass is 10.1. The minimum atomic E-state index is -1.50. The Balaban J connectivity index is 0.802. The van der Waals surface area contributed by atoms with Crippen molar-refractivity contribution in [1.29, 1.82) is 0 Å². The van der Waals surface area contributed by atoms with Crippen molar-refractivity contribution in [2.24, 2.45) is 0 Å². The van der Waals surface area contributed by atoms with Gasteiger partial charge < -0.3 is 97.6 Å². The SMILES string of the molecule is Cc1cc(=O)[nH]c2cc(NC(=O)[C@H](Cc3c[nH]cn3)NC(=O)[C@H](Cc3c[nH]cn3)NC(=O)[C@H](Cc3c[nH]cn3)NC(=O)CNC(=O)[C@@H]3CCCN3C(=O)[C@H](Cc3c[nH]cn3)NC(=O)[C@H](Cc3c[nH]cn3)NC(=O)[C@H](Cc3c[nH]cn3)NC(=O)CN3CCN(CC(=O)O)CCN(CC(=O)O)CCN(CC(=O)O)CC3)ccc12. The van der Waals surface area contributed by atoms with Gasteiger partial charge in [-0.3, -0.25) is 81.9 Å². The van der Waals surface area contributed by atoms with Crippen molar-refractivity contribution >= 4 is 87.7 Å². The largest absolute Gasteiger partial charge is 0.480 e. The molecule has 0 radical (unpaired) electrons. The van der Waals surface area contributed by atoms with Crippen LogP contribution in [0.25, 0.3) is 10.9 Å². The van der Waals surface area contributed by atoms with Crippen molar-refractivity contribution in [1.82, 2.24) is 127 Å². The van der Waals surface area contributed by atoms with Crippen LogP contribution in [0.15, 0.2) is 104 Å². The van der Waals surface area contributed by atoms with Gasteiger partial charge in [0.2, 0.25) is 58.7 Å². The predicted molar refractivity (Wildman–Crippen MR) is 390 cm³/mol. The van der Waals surface area contributed by atoms with E-state index in [2.05, 4.69) is 107 Å². The fraction of sp³-hybridized carbons (Fsp3) is 0.435. The van der Waals surface area contributed by atoms with Gasteiger partial charge in [0.15, 0.2) is 0 Å². The maximum Gasteiger partial charge on any atom is 0.317 e. The number of carbonyl (C=O) groups is 12. The third kappa shape index (κ3) is 24.6. The molecule has 7 aromatic heterocycles. The number of hydrogen-bond acceptors (Lipinski definition) is 23. The Morgan fingerprint density at radius 3 is 1.17 bits per heavy atom. The number of fused-ring (bicyclic) bond motifs is 1. The van der Waals surface area contributed by atoms with Crippen molar-refractivity contribution in [3.63, 3.8) is 0 Å². The second-order valence-electron chi connectivity index (χ2n) is 26.8. The third-order valence-electron chi connectivity index (χ3n) is 18.6. The third-order valence-corrected chi connectivity index (χ3v) is 18.6. The van der Waals surface area contributed by atoms with Gasteiger partial charge in [0.25, 0.3) is 0 Å². The van der Waals surface area contributed by atoms with Crippen LogP contribution >= 0.6 is 0 Å². The smallest absolute Gasteiger partial charge is 0.317 e. The lowest BCUT2D eigenvalue weighted by molar-refractivity contribution is -0.142. The first-order chi connectivity index (χ1) is 53.4. The number of likely N-dealkylation sites (tertiary alicyclic amines) is 1. The number of anilines is 1. The van der Waals surface area contributed by atoms with Gasteiger partial charge in [-0.05, 0) is 37.5 Å². The summed E-state index contributed by atoms with van der Waals surface area (Å²) in [5.41, 5.74) is 3.13. The molecule has 42 heteroatoms. The Labute approximate surface area is 631 Å². The maximum atomic E-state index is 15.0. The van der Waals surface area contributed by atoms with Crippen LogP contribution in [0.1, 0.15) is 52.6 Å². The van der Waals surface area contributed by atoms with Gasteiger partial charge in [-0.25, -0.2) is 29.9 Å². The monoisotopic (exact) mass is 1540 g/mol. The highest BCUT2D eigenvalue weighted by molar-refractivity contribution is 6.01. The molecule has 111 heavy (non-hydrogen) atoms. The summed E-state index contributed by atoms with van der Waals surface area (Å²) in [6.45, 7) is 0.445. The van der Waals surface area contributed by atoms with Crippen LogP contribution in [0.2, 0.25) is 0 Å². The molecule has 590 valence electrons. The molecule has 42 nitrogen and oxygen atoms in total. The number of carbonyl (C=O) groups excluding carboxylic acids is 9. The van der Waals surface area contributed by atoms with Gasteiger partial charge in [-0.15, -0.1) is 0 Å². The lowest BCUT2D eigenvalue weighted by Gasteiger charge is -2.33. The molecule has 2 aliphatic heterocycles. The molecule has 0 bridgehead atoms. The summed E-state index contributed by atoms with van der Waals surface area (Å²) in [5, 5.41) is 51.6. The Bertz CT molecular complexity index is 4480. The topological polar surface area (TPSA) is 583 Å². The van der Waals surface area contributed by atoms with E-state index in [0.717, 1.165) is 5.39 Å². The van der Waals surface area contributed by atoms with Gasteiger partial charge in [-0.2, -0.15) is 0 Å². The van der Waals surface area contributed by atoms with Gasteiger partial charge in [0.1, 0.15) is 42.3 Å². The highest BCUT2D eigenvalue weighted by Gasteiger charge is 2.40. The number of aromatic nitrogens is 13. The minimum Gasteiger partial charge on any atom is -0.480 e. The number of benzene rings is 1. The summed E-state index contributed by atoms with van der Waals surface area (Å²) < 4.78 is 0. The molecule has 1 aromatic carbocycles. The molecule has 18 N–H and O–H groups in total. The van der Waals surface area contributed by atoms with Crippen LogP contribution in [0, 0.1) is 6.92 Å². The molecule has 7 atom stereocenters. The second-order valence-corrected chi connectivity index (χ2v) is 26.8. The van der Waals surface area contributed by atoms with E-state index in [4.69, 9.17) is 0 Å². The van der Waals surface area contributed by atoms with Crippen molar-refractivity contribution in [2.45, 2.75) is 101 Å². The minimum absolute atomic E-state index is 0.0185. The van der Waals surface area contributed by atoms with E-state index in [1.807, 2.05) is 0 Å². The van der Waals surface area contributed by atoms with Crippen molar-refractivity contribution < 1.29 is 72.9 Å². The first-order valence-electron chi connectivity index (χ1n) is 35.7. The van der Waals surface area contributed by atoms with E-state index in [1.54, 1.807) is 50.9 Å². The van der Waals surface area contributed by atoms with Crippen molar-refractivity contribution in [2.75, 3.05) is 96.9 Å². The van der Waals surface area contributed by atoms with E-state index < -0.39 is 133 Å². The Morgan fingerprint density at radius 2 is 0.793 bits per heavy atom. The summed E-state index contributed by atoms with van der Waals surface area (Å²) in [7, 11) is 0. The molecule has 2 saturated heterocycles. The Hall–Kier alpha value is -12.8. The Kier molecular flexibility index (Phi) is 28.6. The fourth-order valence-electron chi connectivity index (χ4n) is 13.0. The number of nitrogens with one attached hydrogen (secondary N) is 15. The molecule has 2 fully saturated rings. The van der Waals surface area contributed by atoms with Gasteiger partial charge >= 0.3 is 17.9 Å². The number of H-pyrrole nitrogens is 7.